The van der Waals surface area contributed by atoms with Gasteiger partial charge in [-0.25, -0.2) is 19.0 Å². The van der Waals surface area contributed by atoms with E-state index in [1.165, 1.54) is 36.0 Å². The van der Waals surface area contributed by atoms with Crippen LogP contribution >= 0.6 is 11.8 Å². The van der Waals surface area contributed by atoms with Crippen molar-refractivity contribution in [2.24, 2.45) is 0 Å². The van der Waals surface area contributed by atoms with Gasteiger partial charge in [0.2, 0.25) is 0 Å². The summed E-state index contributed by atoms with van der Waals surface area (Å²) in [6, 6.07) is 14.5. The molecule has 2 aromatic heterocycles. The third-order valence-electron chi connectivity index (χ3n) is 4.28. The fourth-order valence-electron chi connectivity index (χ4n) is 2.75. The number of benzene rings is 2. The van der Waals surface area contributed by atoms with E-state index in [-0.39, 0.29) is 11.5 Å². The number of aromatic nitrogens is 5. The number of methoxy groups -OCH3 is 1. The third kappa shape index (κ3) is 4.86. The van der Waals surface area contributed by atoms with Crippen LogP contribution in [0.5, 0.6) is 5.75 Å². The van der Waals surface area contributed by atoms with E-state index in [4.69, 9.17) is 4.74 Å². The maximum Gasteiger partial charge on any atom is 0.278 e. The minimum absolute atomic E-state index is 0.156. The van der Waals surface area contributed by atoms with Crippen LogP contribution in [0.2, 0.25) is 0 Å². The second kappa shape index (κ2) is 9.35. The van der Waals surface area contributed by atoms with Crippen molar-refractivity contribution in [3.05, 3.63) is 84.2 Å². The maximum absolute atomic E-state index is 13.2. The lowest BCUT2D eigenvalue weighted by Gasteiger charge is -2.09. The number of hydrogen-bond donors (Lipinski definition) is 1. The second-order valence-corrected chi connectivity index (χ2v) is 7.22. The zero-order valence-corrected chi connectivity index (χ0v) is 17.2. The Hall–Kier alpha value is -3.79. The summed E-state index contributed by atoms with van der Waals surface area (Å²) in [5.41, 5.74) is 1.90. The topological polar surface area (TPSA) is 94.8 Å². The van der Waals surface area contributed by atoms with Gasteiger partial charge in [0.15, 0.2) is 10.9 Å². The van der Waals surface area contributed by atoms with Crippen LogP contribution in [0.15, 0.2) is 72.1 Å². The molecule has 4 aromatic rings. The third-order valence-corrected chi connectivity index (χ3v) is 5.16. The number of ether oxygens (including phenoxy) is 1. The first-order chi connectivity index (χ1) is 15.1. The second-order valence-electron chi connectivity index (χ2n) is 6.28. The predicted octanol–water partition coefficient (Wildman–Crippen LogP) is 3.75. The van der Waals surface area contributed by atoms with Gasteiger partial charge in [0, 0.05) is 23.8 Å². The first-order valence-corrected chi connectivity index (χ1v) is 10.2. The van der Waals surface area contributed by atoms with Gasteiger partial charge in [0.05, 0.1) is 18.5 Å². The zero-order chi connectivity index (χ0) is 21.6. The standard InChI is InChI=1S/C21H17FN6O2S/c1-30-17-9-7-16(8-10-17)28-18(13-31-21-23-11-2-12-24-21)19(26-27-28)20(29)25-15-5-3-14(22)4-6-15/h2-12H,13H2,1H3,(H,25,29). The lowest BCUT2D eigenvalue weighted by Crippen LogP contribution is -2.15. The van der Waals surface area contributed by atoms with Crippen molar-refractivity contribution in [1.82, 2.24) is 25.0 Å². The van der Waals surface area contributed by atoms with Crippen molar-refractivity contribution in [2.75, 3.05) is 12.4 Å². The van der Waals surface area contributed by atoms with Crippen LogP contribution in [0.4, 0.5) is 10.1 Å². The smallest absolute Gasteiger partial charge is 0.278 e. The van der Waals surface area contributed by atoms with Crippen molar-refractivity contribution in [1.29, 1.82) is 0 Å². The summed E-state index contributed by atoms with van der Waals surface area (Å²) in [7, 11) is 1.59. The van der Waals surface area contributed by atoms with E-state index >= 15 is 0 Å². The molecular weight excluding hydrogens is 419 g/mol. The van der Waals surface area contributed by atoms with Gasteiger partial charge < -0.3 is 10.1 Å². The highest BCUT2D eigenvalue weighted by molar-refractivity contribution is 7.98. The van der Waals surface area contributed by atoms with Crippen molar-refractivity contribution in [3.8, 4) is 11.4 Å². The highest BCUT2D eigenvalue weighted by Crippen LogP contribution is 2.24. The van der Waals surface area contributed by atoms with Crippen LogP contribution in [0.3, 0.4) is 0 Å². The molecule has 8 nitrogen and oxygen atoms in total. The van der Waals surface area contributed by atoms with Crippen LogP contribution in [0.1, 0.15) is 16.2 Å². The highest BCUT2D eigenvalue weighted by atomic mass is 32.2. The Bertz CT molecular complexity index is 1170. The normalized spacial score (nSPS) is 10.6. The summed E-state index contributed by atoms with van der Waals surface area (Å²) in [5, 5.41) is 11.6. The zero-order valence-electron chi connectivity index (χ0n) is 16.4. The van der Waals surface area contributed by atoms with E-state index in [0.717, 1.165) is 5.69 Å². The van der Waals surface area contributed by atoms with Crippen LogP contribution < -0.4 is 10.1 Å². The molecule has 2 heterocycles. The SMILES string of the molecule is COc1ccc(-n2nnc(C(=O)Nc3ccc(F)cc3)c2CSc2ncccn2)cc1. The molecular formula is C21H17FN6O2S. The Morgan fingerprint density at radius 3 is 2.48 bits per heavy atom. The Kier molecular flexibility index (Phi) is 6.18. The summed E-state index contributed by atoms with van der Waals surface area (Å²) >= 11 is 1.36. The quantitative estimate of drug-likeness (QED) is 0.348. The largest absolute Gasteiger partial charge is 0.497 e. The molecule has 0 unspecified atom stereocenters. The number of amides is 1. The van der Waals surface area contributed by atoms with Crippen molar-refractivity contribution >= 4 is 23.4 Å². The van der Waals surface area contributed by atoms with Gasteiger partial charge in [0.1, 0.15) is 11.6 Å². The van der Waals surface area contributed by atoms with Crippen LogP contribution in [0, 0.1) is 5.82 Å². The lowest BCUT2D eigenvalue weighted by molar-refractivity contribution is 0.102. The fourth-order valence-corrected chi connectivity index (χ4v) is 3.55. The van der Waals surface area contributed by atoms with Crippen molar-refractivity contribution in [2.45, 2.75) is 10.9 Å². The van der Waals surface area contributed by atoms with Gasteiger partial charge in [-0.2, -0.15) is 0 Å². The monoisotopic (exact) mass is 436 g/mol. The molecule has 1 N–H and O–H groups in total. The average molecular weight is 436 g/mol. The summed E-state index contributed by atoms with van der Waals surface area (Å²) < 4.78 is 20.0. The molecule has 1 amide bonds. The molecule has 0 aliphatic carbocycles. The number of hydrogen-bond acceptors (Lipinski definition) is 7. The number of nitrogens with one attached hydrogen (secondary N) is 1. The first-order valence-electron chi connectivity index (χ1n) is 9.20. The number of nitrogens with zero attached hydrogens (tertiary/aromatic N) is 5. The van der Waals surface area contributed by atoms with Crippen LogP contribution in [0.25, 0.3) is 5.69 Å². The van der Waals surface area contributed by atoms with Gasteiger partial charge >= 0.3 is 0 Å². The molecule has 156 valence electrons. The Morgan fingerprint density at radius 2 is 1.81 bits per heavy atom. The number of carbonyl (C=O) groups is 1. The molecule has 2 aromatic carbocycles. The van der Waals surface area contributed by atoms with Gasteiger partial charge in [0.25, 0.3) is 5.91 Å². The maximum atomic E-state index is 13.2. The Morgan fingerprint density at radius 1 is 1.10 bits per heavy atom. The minimum atomic E-state index is -0.448. The Labute approximate surface area is 181 Å². The van der Waals surface area contributed by atoms with Gasteiger partial charge in [-0.05, 0) is 54.6 Å². The number of carbonyl (C=O) groups excluding carboxylic acids is 1. The fraction of sp³-hybridized carbons (Fsp3) is 0.0952. The van der Waals surface area contributed by atoms with Crippen molar-refractivity contribution in [3.63, 3.8) is 0 Å². The minimum Gasteiger partial charge on any atom is -0.497 e. The molecule has 4 rings (SSSR count). The van der Waals surface area contributed by atoms with E-state index < -0.39 is 5.91 Å². The average Bonchev–Trinajstić information content (AvgIpc) is 3.24. The van der Waals surface area contributed by atoms with E-state index in [2.05, 4.69) is 25.6 Å². The number of rotatable bonds is 7. The molecule has 0 fully saturated rings. The van der Waals surface area contributed by atoms with Crippen molar-refractivity contribution < 1.29 is 13.9 Å². The molecule has 10 heteroatoms. The first kappa shape index (κ1) is 20.5. The van der Waals surface area contributed by atoms with E-state index in [1.807, 2.05) is 12.1 Å². The lowest BCUT2D eigenvalue weighted by atomic mass is 10.2. The van der Waals surface area contributed by atoms with Gasteiger partial charge in [-0.3, -0.25) is 4.79 Å². The molecule has 0 radical (unpaired) electrons. The van der Waals surface area contributed by atoms with E-state index in [1.54, 1.807) is 42.4 Å². The molecule has 31 heavy (non-hydrogen) atoms. The molecule has 0 aliphatic heterocycles. The molecule has 0 bridgehead atoms. The molecule has 0 saturated carbocycles. The molecule has 0 spiro atoms. The molecule has 0 saturated heterocycles. The van der Waals surface area contributed by atoms with Gasteiger partial charge in [-0.1, -0.05) is 17.0 Å². The predicted molar refractivity (Wildman–Crippen MR) is 114 cm³/mol. The highest BCUT2D eigenvalue weighted by Gasteiger charge is 2.21. The number of anilines is 1. The van der Waals surface area contributed by atoms with Gasteiger partial charge in [-0.15, -0.1) is 5.10 Å². The number of thioether (sulfide) groups is 1. The summed E-state index contributed by atoms with van der Waals surface area (Å²) in [5.74, 6) is 0.223. The molecule has 0 atom stereocenters. The summed E-state index contributed by atoms with van der Waals surface area (Å²) in [4.78, 5) is 21.3. The summed E-state index contributed by atoms with van der Waals surface area (Å²) in [6.07, 6.45) is 3.30. The summed E-state index contributed by atoms with van der Waals surface area (Å²) in [6.45, 7) is 0. The Balaban J connectivity index is 1.65. The molecule has 0 aliphatic rings. The van der Waals surface area contributed by atoms with Crippen LogP contribution in [-0.2, 0) is 5.75 Å². The van der Waals surface area contributed by atoms with E-state index in [0.29, 0.717) is 28.0 Å². The van der Waals surface area contributed by atoms with Crippen LogP contribution in [-0.4, -0.2) is 38.0 Å². The number of halogens is 1. The van der Waals surface area contributed by atoms with E-state index in [9.17, 15) is 9.18 Å².